The molecule has 7 nitrogen and oxygen atoms in total. The van der Waals surface area contributed by atoms with Crippen LogP contribution in [0.1, 0.15) is 28.3 Å². The summed E-state index contributed by atoms with van der Waals surface area (Å²) in [6.07, 6.45) is 5.25. The van der Waals surface area contributed by atoms with Gasteiger partial charge < -0.3 is 5.32 Å². The number of likely N-dealkylation sites (tertiary alicyclic amines) is 1. The molecule has 0 spiro atoms. The number of pyridine rings is 1. The topological polar surface area (TPSA) is 88.1 Å². The van der Waals surface area contributed by atoms with E-state index in [9.17, 15) is 8.42 Å². The molecule has 1 saturated heterocycles. The van der Waals surface area contributed by atoms with Gasteiger partial charge in [0.2, 0.25) is 5.95 Å². The summed E-state index contributed by atoms with van der Waals surface area (Å²) >= 11 is 0. The summed E-state index contributed by atoms with van der Waals surface area (Å²) in [6, 6.07) is 14.0. The minimum atomic E-state index is -3.22. The number of benzene rings is 1. The molecule has 2 aliphatic heterocycles. The van der Waals surface area contributed by atoms with Crippen molar-refractivity contribution in [2.75, 3.05) is 18.4 Å². The Labute approximate surface area is 176 Å². The van der Waals surface area contributed by atoms with Gasteiger partial charge in [0.05, 0.1) is 16.7 Å². The molecule has 5 rings (SSSR count). The number of rotatable bonds is 5. The molecule has 1 aromatic carbocycles. The quantitative estimate of drug-likeness (QED) is 0.677. The van der Waals surface area contributed by atoms with Crippen LogP contribution in [0.25, 0.3) is 0 Å². The Balaban J connectivity index is 1.38. The van der Waals surface area contributed by atoms with E-state index in [1.807, 2.05) is 48.7 Å². The first-order chi connectivity index (χ1) is 14.6. The second-order valence-corrected chi connectivity index (χ2v) is 10.2. The first-order valence-electron chi connectivity index (χ1n) is 10.0. The van der Waals surface area contributed by atoms with Crippen LogP contribution in [0.15, 0.2) is 61.1 Å². The van der Waals surface area contributed by atoms with E-state index < -0.39 is 15.1 Å². The van der Waals surface area contributed by atoms with Gasteiger partial charge in [-0.25, -0.2) is 18.4 Å². The molecule has 0 bridgehead atoms. The number of nitrogens with one attached hydrogen (secondary N) is 1. The lowest BCUT2D eigenvalue weighted by Crippen LogP contribution is -2.35. The third-order valence-corrected chi connectivity index (χ3v) is 7.94. The predicted octanol–water partition coefficient (Wildman–Crippen LogP) is 2.38. The minimum absolute atomic E-state index is 0.0171. The van der Waals surface area contributed by atoms with Gasteiger partial charge in [-0.15, -0.1) is 0 Å². The fourth-order valence-electron chi connectivity index (χ4n) is 4.40. The maximum Gasteiger partial charge on any atom is 0.223 e. The van der Waals surface area contributed by atoms with Crippen LogP contribution in [0, 0.1) is 0 Å². The standard InChI is InChI=1S/C22H23N5O2S/c28-30(29)15-18-11-25-22(24-10-16-5-2-1-3-6-16)26-21(18)19-13-27(14-20(19)30)12-17-7-4-8-23-9-17/h1-9,11,19-20H,10,12-15H2,(H,24,25,26)/t19-,20+/m0/s1. The van der Waals surface area contributed by atoms with Gasteiger partial charge >= 0.3 is 0 Å². The molecule has 3 aromatic rings. The van der Waals surface area contributed by atoms with E-state index in [1.165, 1.54) is 0 Å². The second kappa shape index (κ2) is 7.77. The predicted molar refractivity (Wildman–Crippen MR) is 114 cm³/mol. The number of nitrogens with zero attached hydrogens (tertiary/aromatic N) is 4. The molecule has 2 aromatic heterocycles. The van der Waals surface area contributed by atoms with Gasteiger partial charge in [0.15, 0.2) is 9.84 Å². The van der Waals surface area contributed by atoms with Crippen molar-refractivity contribution in [1.29, 1.82) is 0 Å². The number of anilines is 1. The van der Waals surface area contributed by atoms with Crippen LogP contribution in [0.3, 0.4) is 0 Å². The fourth-order valence-corrected chi connectivity index (χ4v) is 6.42. The summed E-state index contributed by atoms with van der Waals surface area (Å²) in [5.41, 5.74) is 3.82. The van der Waals surface area contributed by atoms with E-state index in [-0.39, 0.29) is 11.7 Å². The Bertz CT molecular complexity index is 1140. The van der Waals surface area contributed by atoms with Crippen LogP contribution in [-0.2, 0) is 28.7 Å². The minimum Gasteiger partial charge on any atom is -0.350 e. The van der Waals surface area contributed by atoms with Gasteiger partial charge in [-0.1, -0.05) is 36.4 Å². The van der Waals surface area contributed by atoms with Gasteiger partial charge in [-0.3, -0.25) is 9.88 Å². The zero-order valence-corrected chi connectivity index (χ0v) is 17.3. The number of fused-ring (bicyclic) bond motifs is 3. The van der Waals surface area contributed by atoms with Crippen molar-refractivity contribution in [3.05, 3.63) is 83.4 Å². The van der Waals surface area contributed by atoms with Gasteiger partial charge in [-0.2, -0.15) is 0 Å². The molecule has 0 amide bonds. The zero-order valence-electron chi connectivity index (χ0n) is 16.5. The van der Waals surface area contributed by atoms with Crippen LogP contribution in [0.2, 0.25) is 0 Å². The third kappa shape index (κ3) is 3.80. The lowest BCUT2D eigenvalue weighted by molar-refractivity contribution is 0.326. The van der Waals surface area contributed by atoms with E-state index in [0.29, 0.717) is 32.1 Å². The summed E-state index contributed by atoms with van der Waals surface area (Å²) < 4.78 is 25.8. The van der Waals surface area contributed by atoms with Crippen molar-refractivity contribution in [3.8, 4) is 0 Å². The Hall–Kier alpha value is -2.84. The molecule has 0 unspecified atom stereocenters. The highest BCUT2D eigenvalue weighted by Crippen LogP contribution is 2.39. The van der Waals surface area contributed by atoms with Crippen LogP contribution >= 0.6 is 0 Å². The largest absolute Gasteiger partial charge is 0.350 e. The molecule has 0 radical (unpaired) electrons. The molecule has 2 aliphatic rings. The van der Waals surface area contributed by atoms with Crippen molar-refractivity contribution < 1.29 is 8.42 Å². The first kappa shape index (κ1) is 19.1. The Morgan fingerprint density at radius 2 is 1.87 bits per heavy atom. The summed E-state index contributed by atoms with van der Waals surface area (Å²) in [6.45, 7) is 2.51. The summed E-state index contributed by atoms with van der Waals surface area (Å²) in [4.78, 5) is 15.5. The van der Waals surface area contributed by atoms with Gasteiger partial charge in [0, 0.05) is 56.3 Å². The monoisotopic (exact) mass is 421 g/mol. The maximum absolute atomic E-state index is 12.9. The average Bonchev–Trinajstić information content (AvgIpc) is 3.19. The number of hydrogen-bond donors (Lipinski definition) is 1. The normalized spacial score (nSPS) is 22.3. The lowest BCUT2D eigenvalue weighted by Gasteiger charge is -2.26. The van der Waals surface area contributed by atoms with Crippen LogP contribution < -0.4 is 5.32 Å². The van der Waals surface area contributed by atoms with Crippen molar-refractivity contribution in [3.63, 3.8) is 0 Å². The van der Waals surface area contributed by atoms with Crippen LogP contribution in [-0.4, -0.2) is 46.6 Å². The summed E-state index contributed by atoms with van der Waals surface area (Å²) in [5.74, 6) is 0.431. The Kier molecular flexibility index (Phi) is 4.96. The summed E-state index contributed by atoms with van der Waals surface area (Å²) in [7, 11) is -3.22. The highest BCUT2D eigenvalue weighted by Gasteiger charge is 2.47. The van der Waals surface area contributed by atoms with E-state index in [2.05, 4.69) is 20.2 Å². The zero-order chi connectivity index (χ0) is 20.6. The van der Waals surface area contributed by atoms with Crippen molar-refractivity contribution >= 4 is 15.8 Å². The van der Waals surface area contributed by atoms with Crippen LogP contribution in [0.4, 0.5) is 5.95 Å². The number of hydrogen-bond acceptors (Lipinski definition) is 7. The molecule has 30 heavy (non-hydrogen) atoms. The smallest absolute Gasteiger partial charge is 0.223 e. The van der Waals surface area contributed by atoms with Gasteiger partial charge in [0.1, 0.15) is 0 Å². The van der Waals surface area contributed by atoms with Crippen LogP contribution in [0.5, 0.6) is 0 Å². The lowest BCUT2D eigenvalue weighted by atomic mass is 10.00. The van der Waals surface area contributed by atoms with E-state index in [0.717, 1.165) is 22.4 Å². The highest BCUT2D eigenvalue weighted by atomic mass is 32.2. The Morgan fingerprint density at radius 1 is 1.03 bits per heavy atom. The van der Waals surface area contributed by atoms with Crippen molar-refractivity contribution in [1.82, 2.24) is 19.9 Å². The molecule has 1 fully saturated rings. The molecule has 4 heterocycles. The van der Waals surface area contributed by atoms with Gasteiger partial charge in [-0.05, 0) is 17.2 Å². The van der Waals surface area contributed by atoms with Crippen molar-refractivity contribution in [2.24, 2.45) is 0 Å². The molecule has 154 valence electrons. The fraction of sp³-hybridized carbons (Fsp3) is 0.318. The molecular weight excluding hydrogens is 398 g/mol. The Morgan fingerprint density at radius 3 is 2.67 bits per heavy atom. The van der Waals surface area contributed by atoms with E-state index in [1.54, 1.807) is 12.4 Å². The second-order valence-electron chi connectivity index (χ2n) is 7.95. The van der Waals surface area contributed by atoms with E-state index in [4.69, 9.17) is 4.98 Å². The molecule has 0 saturated carbocycles. The highest BCUT2D eigenvalue weighted by molar-refractivity contribution is 7.91. The SMILES string of the molecule is O=S1(=O)Cc2cnc(NCc3ccccc3)nc2[C@H]2CN(Cc3cccnc3)C[C@H]21. The first-order valence-corrected chi connectivity index (χ1v) is 11.8. The molecule has 1 N–H and O–H groups in total. The molecular formula is C22H23N5O2S. The van der Waals surface area contributed by atoms with Gasteiger partial charge in [0.25, 0.3) is 0 Å². The van der Waals surface area contributed by atoms with Crippen molar-refractivity contribution in [2.45, 2.75) is 30.0 Å². The molecule has 0 aliphatic carbocycles. The molecule has 8 heteroatoms. The third-order valence-electron chi connectivity index (χ3n) is 5.83. The van der Waals surface area contributed by atoms with E-state index >= 15 is 0 Å². The summed E-state index contributed by atoms with van der Waals surface area (Å²) in [5, 5.41) is 2.85. The number of aromatic nitrogens is 3. The number of sulfone groups is 1. The molecule has 2 atom stereocenters. The average molecular weight is 422 g/mol. The maximum atomic E-state index is 12.9.